The lowest BCUT2D eigenvalue weighted by atomic mass is 9.96. The Labute approximate surface area is 186 Å². The van der Waals surface area contributed by atoms with Crippen molar-refractivity contribution >= 4 is 23.4 Å². The maximum absolute atomic E-state index is 13.8. The molecule has 1 heterocycles. The van der Waals surface area contributed by atoms with Crippen molar-refractivity contribution in [1.29, 1.82) is 0 Å². The van der Waals surface area contributed by atoms with Gasteiger partial charge in [0.15, 0.2) is 0 Å². The Balaban J connectivity index is 1.41. The van der Waals surface area contributed by atoms with Crippen LogP contribution in [-0.2, 0) is 9.59 Å². The second kappa shape index (κ2) is 10.3. The van der Waals surface area contributed by atoms with Crippen molar-refractivity contribution in [2.24, 2.45) is 5.92 Å². The van der Waals surface area contributed by atoms with Gasteiger partial charge in [-0.15, -0.1) is 13.2 Å². The number of amides is 3. The minimum Gasteiger partial charge on any atom is -0.406 e. The molecule has 2 aromatic carbocycles. The maximum Gasteiger partial charge on any atom is 0.573 e. The van der Waals surface area contributed by atoms with Gasteiger partial charge in [0.25, 0.3) is 5.91 Å². The topological polar surface area (TPSA) is 87.7 Å². The number of carbonyl (C=O) groups is 3. The predicted molar refractivity (Wildman–Crippen MR) is 110 cm³/mol. The van der Waals surface area contributed by atoms with Crippen LogP contribution in [0.15, 0.2) is 48.5 Å². The molecule has 0 aromatic heterocycles. The molecule has 2 N–H and O–H groups in total. The summed E-state index contributed by atoms with van der Waals surface area (Å²) < 4.78 is 54.1. The van der Waals surface area contributed by atoms with Crippen LogP contribution in [0.4, 0.5) is 23.2 Å². The van der Waals surface area contributed by atoms with Crippen LogP contribution < -0.4 is 15.4 Å². The SMILES string of the molecule is O=C(NCC1CCN(C(=O)c2ccccc2F)CC1)C(=O)Nc1ccc(OC(F)(F)F)cc1. The Morgan fingerprint density at radius 1 is 0.970 bits per heavy atom. The van der Waals surface area contributed by atoms with Gasteiger partial charge in [0.1, 0.15) is 11.6 Å². The average Bonchev–Trinajstić information content (AvgIpc) is 2.78. The smallest absolute Gasteiger partial charge is 0.406 e. The summed E-state index contributed by atoms with van der Waals surface area (Å²) >= 11 is 0. The fourth-order valence-electron chi connectivity index (χ4n) is 3.39. The first kappa shape index (κ1) is 24.0. The van der Waals surface area contributed by atoms with Gasteiger partial charge in [0, 0.05) is 25.3 Å². The van der Waals surface area contributed by atoms with Crippen LogP contribution in [0.2, 0.25) is 0 Å². The van der Waals surface area contributed by atoms with Gasteiger partial charge in [-0.2, -0.15) is 0 Å². The zero-order valence-corrected chi connectivity index (χ0v) is 17.3. The van der Waals surface area contributed by atoms with E-state index >= 15 is 0 Å². The Kier molecular flexibility index (Phi) is 7.52. The Morgan fingerprint density at radius 3 is 2.21 bits per heavy atom. The number of hydrogen-bond donors (Lipinski definition) is 2. The molecule has 11 heteroatoms. The first-order valence-electron chi connectivity index (χ1n) is 10.1. The molecular weight excluding hydrogens is 446 g/mol. The highest BCUT2D eigenvalue weighted by Crippen LogP contribution is 2.24. The van der Waals surface area contributed by atoms with Gasteiger partial charge in [-0.25, -0.2) is 4.39 Å². The number of likely N-dealkylation sites (tertiary alicyclic amines) is 1. The molecule has 2 aromatic rings. The standard InChI is InChI=1S/C22H21F4N3O4/c23-18-4-2-1-3-17(18)21(32)29-11-9-14(10-12-29)13-27-19(30)20(31)28-15-5-7-16(8-6-15)33-22(24,25)26/h1-8,14H,9-13H2,(H,27,30)(H,28,31). The third kappa shape index (κ3) is 6.93. The van der Waals surface area contributed by atoms with E-state index in [1.54, 1.807) is 11.0 Å². The van der Waals surface area contributed by atoms with Crippen LogP contribution in [0.3, 0.4) is 0 Å². The van der Waals surface area contributed by atoms with E-state index in [1.165, 1.54) is 30.3 Å². The molecule has 3 rings (SSSR count). The Morgan fingerprint density at radius 2 is 1.61 bits per heavy atom. The average molecular weight is 467 g/mol. The lowest BCUT2D eigenvalue weighted by molar-refractivity contribution is -0.274. The monoisotopic (exact) mass is 467 g/mol. The molecule has 0 saturated carbocycles. The summed E-state index contributed by atoms with van der Waals surface area (Å²) in [6.45, 7) is 1.00. The Bertz CT molecular complexity index is 1000. The second-order valence-corrected chi connectivity index (χ2v) is 7.45. The molecule has 7 nitrogen and oxygen atoms in total. The van der Waals surface area contributed by atoms with E-state index in [9.17, 15) is 31.9 Å². The van der Waals surface area contributed by atoms with Crippen molar-refractivity contribution < 1.29 is 36.7 Å². The van der Waals surface area contributed by atoms with Crippen LogP contribution in [0.5, 0.6) is 5.75 Å². The summed E-state index contributed by atoms with van der Waals surface area (Å²) in [4.78, 5) is 38.0. The summed E-state index contributed by atoms with van der Waals surface area (Å²) in [5.74, 6) is -3.25. The van der Waals surface area contributed by atoms with E-state index in [4.69, 9.17) is 0 Å². The van der Waals surface area contributed by atoms with Gasteiger partial charge in [-0.1, -0.05) is 12.1 Å². The van der Waals surface area contributed by atoms with Crippen LogP contribution in [0.25, 0.3) is 0 Å². The number of hydrogen-bond acceptors (Lipinski definition) is 4. The number of ether oxygens (including phenoxy) is 1. The molecule has 0 radical (unpaired) electrons. The lowest BCUT2D eigenvalue weighted by Crippen LogP contribution is -2.43. The number of piperidine rings is 1. The fraction of sp³-hybridized carbons (Fsp3) is 0.318. The zero-order chi connectivity index (χ0) is 24.0. The van der Waals surface area contributed by atoms with E-state index in [-0.39, 0.29) is 29.6 Å². The molecular formula is C22H21F4N3O4. The molecule has 0 bridgehead atoms. The first-order chi connectivity index (χ1) is 15.6. The molecule has 0 atom stereocenters. The van der Waals surface area contributed by atoms with E-state index < -0.39 is 29.7 Å². The highest BCUT2D eigenvalue weighted by atomic mass is 19.4. The van der Waals surface area contributed by atoms with Crippen LogP contribution >= 0.6 is 0 Å². The molecule has 0 aliphatic carbocycles. The molecule has 1 aliphatic rings. The van der Waals surface area contributed by atoms with E-state index in [0.717, 1.165) is 12.1 Å². The molecule has 176 valence electrons. The molecule has 3 amide bonds. The number of rotatable bonds is 5. The number of carbonyl (C=O) groups excluding carboxylic acids is 3. The normalized spacial score (nSPS) is 14.5. The molecule has 0 unspecified atom stereocenters. The quantitative estimate of drug-likeness (QED) is 0.522. The van der Waals surface area contributed by atoms with E-state index in [0.29, 0.717) is 25.9 Å². The third-order valence-electron chi connectivity index (χ3n) is 5.11. The highest BCUT2D eigenvalue weighted by molar-refractivity contribution is 6.39. The minimum atomic E-state index is -4.83. The van der Waals surface area contributed by atoms with Crippen molar-refractivity contribution in [1.82, 2.24) is 10.2 Å². The van der Waals surface area contributed by atoms with Crippen molar-refractivity contribution in [2.75, 3.05) is 25.0 Å². The summed E-state index contributed by atoms with van der Waals surface area (Å²) in [7, 11) is 0. The van der Waals surface area contributed by atoms with Crippen molar-refractivity contribution in [3.05, 3.63) is 59.9 Å². The zero-order valence-electron chi connectivity index (χ0n) is 17.3. The number of nitrogens with zero attached hydrogens (tertiary/aromatic N) is 1. The lowest BCUT2D eigenvalue weighted by Gasteiger charge is -2.32. The third-order valence-corrected chi connectivity index (χ3v) is 5.11. The van der Waals surface area contributed by atoms with Crippen molar-refractivity contribution in [2.45, 2.75) is 19.2 Å². The van der Waals surface area contributed by atoms with E-state index in [1.807, 2.05) is 0 Å². The fourth-order valence-corrected chi connectivity index (χ4v) is 3.39. The van der Waals surface area contributed by atoms with Gasteiger partial charge < -0.3 is 20.3 Å². The van der Waals surface area contributed by atoms with Crippen molar-refractivity contribution in [3.63, 3.8) is 0 Å². The number of nitrogens with one attached hydrogen (secondary N) is 2. The summed E-state index contributed by atoms with van der Waals surface area (Å²) in [6.07, 6.45) is -3.68. The second-order valence-electron chi connectivity index (χ2n) is 7.45. The van der Waals surface area contributed by atoms with E-state index in [2.05, 4.69) is 15.4 Å². The number of anilines is 1. The molecule has 1 fully saturated rings. The van der Waals surface area contributed by atoms with Gasteiger partial charge in [-0.3, -0.25) is 14.4 Å². The van der Waals surface area contributed by atoms with Crippen LogP contribution in [-0.4, -0.2) is 48.6 Å². The summed E-state index contributed by atoms with van der Waals surface area (Å²) in [5.41, 5.74) is 0.142. The minimum absolute atomic E-state index is 0.0129. The van der Waals surface area contributed by atoms with Gasteiger partial charge in [0.05, 0.1) is 5.56 Å². The summed E-state index contributed by atoms with van der Waals surface area (Å²) in [5, 5.41) is 4.80. The summed E-state index contributed by atoms with van der Waals surface area (Å²) in [6, 6.07) is 10.1. The van der Waals surface area contributed by atoms with Crippen molar-refractivity contribution in [3.8, 4) is 5.75 Å². The van der Waals surface area contributed by atoms with Gasteiger partial charge >= 0.3 is 18.2 Å². The largest absolute Gasteiger partial charge is 0.573 e. The molecule has 0 spiro atoms. The Hall–Kier alpha value is -3.63. The van der Waals surface area contributed by atoms with Crippen LogP contribution in [0.1, 0.15) is 23.2 Å². The maximum atomic E-state index is 13.8. The first-order valence-corrected chi connectivity index (χ1v) is 10.1. The number of alkyl halides is 3. The predicted octanol–water partition coefficient (Wildman–Crippen LogP) is 3.33. The van der Waals surface area contributed by atoms with Crippen LogP contribution in [0, 0.1) is 11.7 Å². The van der Waals surface area contributed by atoms with Gasteiger partial charge in [-0.05, 0) is 55.2 Å². The molecule has 1 saturated heterocycles. The molecule has 33 heavy (non-hydrogen) atoms. The van der Waals surface area contributed by atoms with Gasteiger partial charge in [0.2, 0.25) is 0 Å². The highest BCUT2D eigenvalue weighted by Gasteiger charge is 2.31. The number of halogens is 4. The number of benzene rings is 2. The molecule has 1 aliphatic heterocycles.